The van der Waals surface area contributed by atoms with E-state index in [-0.39, 0.29) is 29.0 Å². The minimum absolute atomic E-state index is 0.0531. The number of piperidine rings is 1. The van der Waals surface area contributed by atoms with Gasteiger partial charge >= 0.3 is 0 Å². The molecule has 0 saturated carbocycles. The second-order valence-electron chi connectivity index (χ2n) is 7.91. The highest BCUT2D eigenvalue weighted by Gasteiger charge is 2.31. The average molecular weight is 376 g/mol. The number of nitro benzene ring substituents is 1. The summed E-state index contributed by atoms with van der Waals surface area (Å²) < 4.78 is 0. The second kappa shape index (κ2) is 8.47. The minimum Gasteiger partial charge on any atom is -0.355 e. The van der Waals surface area contributed by atoms with E-state index < -0.39 is 10.3 Å². The Hall–Kier alpha value is -2.48. The Labute approximate surface area is 159 Å². The van der Waals surface area contributed by atoms with E-state index in [9.17, 15) is 19.7 Å². The fourth-order valence-corrected chi connectivity index (χ4v) is 3.35. The van der Waals surface area contributed by atoms with Gasteiger partial charge in [-0.15, -0.1) is 0 Å². The summed E-state index contributed by atoms with van der Waals surface area (Å²) in [5, 5.41) is 14.2. The molecule has 1 aromatic rings. The summed E-state index contributed by atoms with van der Waals surface area (Å²) in [7, 11) is 0. The van der Waals surface area contributed by atoms with E-state index in [4.69, 9.17) is 5.73 Å². The number of nitro groups is 1. The van der Waals surface area contributed by atoms with Crippen LogP contribution in [-0.2, 0) is 10.2 Å². The number of nitrogens with one attached hydrogen (secondary N) is 1. The Balaban J connectivity index is 2.20. The molecule has 3 N–H and O–H groups in total. The molecule has 8 nitrogen and oxygen atoms in total. The lowest BCUT2D eigenvalue weighted by Gasteiger charge is -2.32. The topological polar surface area (TPSA) is 119 Å². The predicted octanol–water partition coefficient (Wildman–Crippen LogP) is 1.82. The maximum absolute atomic E-state index is 12.9. The fraction of sp³-hybridized carbons (Fsp3) is 0.579. The molecular formula is C19H28N4O4. The molecule has 27 heavy (non-hydrogen) atoms. The monoisotopic (exact) mass is 376 g/mol. The van der Waals surface area contributed by atoms with Gasteiger partial charge in [-0.2, -0.15) is 0 Å². The van der Waals surface area contributed by atoms with E-state index in [0.717, 1.165) is 0 Å². The minimum atomic E-state index is -0.448. The Morgan fingerprint density at radius 2 is 2.07 bits per heavy atom. The van der Waals surface area contributed by atoms with Crippen molar-refractivity contribution in [2.75, 3.05) is 26.2 Å². The van der Waals surface area contributed by atoms with E-state index in [2.05, 4.69) is 5.32 Å². The Morgan fingerprint density at radius 3 is 2.67 bits per heavy atom. The molecule has 1 aromatic carbocycles. The lowest BCUT2D eigenvalue weighted by atomic mass is 9.85. The van der Waals surface area contributed by atoms with Gasteiger partial charge < -0.3 is 16.0 Å². The van der Waals surface area contributed by atoms with Crippen LogP contribution in [0.15, 0.2) is 18.2 Å². The first-order valence-electron chi connectivity index (χ1n) is 9.21. The van der Waals surface area contributed by atoms with E-state index in [1.165, 1.54) is 6.07 Å². The van der Waals surface area contributed by atoms with Crippen LogP contribution in [0.2, 0.25) is 0 Å². The zero-order chi connectivity index (χ0) is 20.2. The smallest absolute Gasteiger partial charge is 0.273 e. The van der Waals surface area contributed by atoms with Gasteiger partial charge in [0.25, 0.3) is 11.6 Å². The molecule has 1 aliphatic rings. The van der Waals surface area contributed by atoms with Crippen molar-refractivity contribution in [1.82, 2.24) is 10.2 Å². The number of rotatable bonds is 5. The van der Waals surface area contributed by atoms with Crippen molar-refractivity contribution in [1.29, 1.82) is 0 Å². The van der Waals surface area contributed by atoms with Crippen LogP contribution >= 0.6 is 0 Å². The first kappa shape index (κ1) is 20.8. The van der Waals surface area contributed by atoms with Gasteiger partial charge in [0.2, 0.25) is 5.91 Å². The zero-order valence-electron chi connectivity index (χ0n) is 16.2. The van der Waals surface area contributed by atoms with Crippen LogP contribution in [0.4, 0.5) is 5.69 Å². The molecule has 1 fully saturated rings. The van der Waals surface area contributed by atoms with Crippen LogP contribution < -0.4 is 11.1 Å². The number of nitrogens with two attached hydrogens (primary N) is 1. The highest BCUT2D eigenvalue weighted by atomic mass is 16.6. The Morgan fingerprint density at radius 1 is 1.37 bits per heavy atom. The molecule has 2 rings (SSSR count). The molecule has 1 atom stereocenters. The highest BCUT2D eigenvalue weighted by molar-refractivity contribution is 5.95. The van der Waals surface area contributed by atoms with Gasteiger partial charge in [0.15, 0.2) is 0 Å². The molecule has 1 saturated heterocycles. The SMILES string of the molecule is CC(C)(C)c1ccc(C(=O)N2CCCC(C(=O)NCCN)C2)cc1[N+](=O)[O-]. The first-order chi connectivity index (χ1) is 12.6. The molecule has 0 spiro atoms. The largest absolute Gasteiger partial charge is 0.355 e. The van der Waals surface area contributed by atoms with Crippen molar-refractivity contribution in [2.45, 2.75) is 39.0 Å². The fourth-order valence-electron chi connectivity index (χ4n) is 3.35. The maximum atomic E-state index is 12.9. The first-order valence-corrected chi connectivity index (χ1v) is 9.21. The highest BCUT2D eigenvalue weighted by Crippen LogP contribution is 2.32. The summed E-state index contributed by atoms with van der Waals surface area (Å²) in [4.78, 5) is 37.7. The summed E-state index contributed by atoms with van der Waals surface area (Å²) in [5.74, 6) is -0.667. The van der Waals surface area contributed by atoms with E-state index >= 15 is 0 Å². The summed E-state index contributed by atoms with van der Waals surface area (Å²) in [6, 6.07) is 4.63. The lowest BCUT2D eigenvalue weighted by molar-refractivity contribution is -0.386. The van der Waals surface area contributed by atoms with Gasteiger partial charge in [-0.3, -0.25) is 19.7 Å². The van der Waals surface area contributed by atoms with Crippen LogP contribution in [0.5, 0.6) is 0 Å². The molecule has 148 valence electrons. The average Bonchev–Trinajstić information content (AvgIpc) is 2.64. The molecule has 0 aromatic heterocycles. The van der Waals surface area contributed by atoms with Crippen molar-refractivity contribution >= 4 is 17.5 Å². The molecule has 0 bridgehead atoms. The summed E-state index contributed by atoms with van der Waals surface area (Å²) >= 11 is 0. The number of benzene rings is 1. The molecule has 1 heterocycles. The van der Waals surface area contributed by atoms with Crippen LogP contribution in [-0.4, -0.2) is 47.8 Å². The van der Waals surface area contributed by atoms with Crippen molar-refractivity contribution in [2.24, 2.45) is 11.7 Å². The zero-order valence-corrected chi connectivity index (χ0v) is 16.2. The molecule has 0 radical (unpaired) electrons. The van der Waals surface area contributed by atoms with Gasteiger partial charge in [0.1, 0.15) is 0 Å². The van der Waals surface area contributed by atoms with Crippen LogP contribution in [0.25, 0.3) is 0 Å². The third-order valence-corrected chi connectivity index (χ3v) is 4.77. The van der Waals surface area contributed by atoms with Gasteiger partial charge in [-0.25, -0.2) is 0 Å². The van der Waals surface area contributed by atoms with Gasteiger partial charge in [0.05, 0.1) is 10.8 Å². The summed E-state index contributed by atoms with van der Waals surface area (Å²) in [5.41, 5.74) is 5.81. The number of likely N-dealkylation sites (tertiary alicyclic amines) is 1. The van der Waals surface area contributed by atoms with Crippen LogP contribution in [0.1, 0.15) is 49.5 Å². The molecule has 8 heteroatoms. The predicted molar refractivity (Wildman–Crippen MR) is 102 cm³/mol. The van der Waals surface area contributed by atoms with Crippen molar-refractivity contribution in [3.63, 3.8) is 0 Å². The third kappa shape index (κ3) is 5.03. The molecule has 1 unspecified atom stereocenters. The summed E-state index contributed by atoms with van der Waals surface area (Å²) in [6.45, 7) is 7.30. The standard InChI is InChI=1S/C19H28N4O4/c1-19(2,3)15-7-6-13(11-16(15)23(26)27)18(25)22-10-4-5-14(12-22)17(24)21-9-8-20/h6-7,11,14H,4-5,8-10,12,20H2,1-3H3,(H,21,24). The van der Waals surface area contributed by atoms with E-state index in [1.54, 1.807) is 17.0 Å². The molecule has 1 aliphatic heterocycles. The Bertz CT molecular complexity index is 727. The van der Waals surface area contributed by atoms with Gasteiger partial charge in [0, 0.05) is 43.4 Å². The van der Waals surface area contributed by atoms with Crippen LogP contribution in [0.3, 0.4) is 0 Å². The molecular weight excluding hydrogens is 348 g/mol. The van der Waals surface area contributed by atoms with E-state index in [1.807, 2.05) is 20.8 Å². The quantitative estimate of drug-likeness (QED) is 0.600. The van der Waals surface area contributed by atoms with Gasteiger partial charge in [-0.1, -0.05) is 26.8 Å². The van der Waals surface area contributed by atoms with E-state index in [0.29, 0.717) is 44.6 Å². The number of carbonyl (C=O) groups excluding carboxylic acids is 2. The number of carbonyl (C=O) groups is 2. The Kier molecular flexibility index (Phi) is 6.54. The number of hydrogen-bond acceptors (Lipinski definition) is 5. The van der Waals surface area contributed by atoms with Crippen molar-refractivity contribution < 1.29 is 14.5 Å². The number of hydrogen-bond donors (Lipinski definition) is 2. The van der Waals surface area contributed by atoms with Crippen molar-refractivity contribution in [3.05, 3.63) is 39.4 Å². The van der Waals surface area contributed by atoms with Crippen molar-refractivity contribution in [3.8, 4) is 0 Å². The normalized spacial score (nSPS) is 17.5. The molecule has 2 amide bonds. The number of amides is 2. The summed E-state index contributed by atoms with van der Waals surface area (Å²) in [6.07, 6.45) is 1.43. The molecule has 0 aliphatic carbocycles. The van der Waals surface area contributed by atoms with Gasteiger partial charge in [-0.05, 0) is 24.3 Å². The maximum Gasteiger partial charge on any atom is 0.273 e. The second-order valence-corrected chi connectivity index (χ2v) is 7.91. The number of nitrogens with zero attached hydrogens (tertiary/aromatic N) is 2. The lowest BCUT2D eigenvalue weighted by Crippen LogP contribution is -2.46. The third-order valence-electron chi connectivity index (χ3n) is 4.77. The van der Waals surface area contributed by atoms with Crippen LogP contribution in [0, 0.1) is 16.0 Å².